The number of hydrogen-bond acceptors (Lipinski definition) is 7. The van der Waals surface area contributed by atoms with E-state index in [4.69, 9.17) is 4.74 Å². The van der Waals surface area contributed by atoms with Gasteiger partial charge in [-0.1, -0.05) is 6.42 Å². The molecule has 2 fully saturated rings. The highest BCUT2D eigenvalue weighted by Gasteiger charge is 2.27. The molecule has 9 nitrogen and oxygen atoms in total. The zero-order valence-electron chi connectivity index (χ0n) is 20.9. The SMILES string of the molecule is COc1ccc(-c2ccc(N3CCN(C(=O)c4ccc(S(=O)(=O)N5CCCCC5)cc4)CC3)nn2)cc1. The summed E-state index contributed by atoms with van der Waals surface area (Å²) in [5.74, 6) is 1.47. The van der Waals surface area contributed by atoms with E-state index in [1.54, 1.807) is 40.6 Å². The number of carbonyl (C=O) groups is 1. The van der Waals surface area contributed by atoms with Crippen molar-refractivity contribution in [2.45, 2.75) is 24.2 Å². The molecule has 0 spiro atoms. The van der Waals surface area contributed by atoms with Crippen molar-refractivity contribution in [3.8, 4) is 17.0 Å². The lowest BCUT2D eigenvalue weighted by atomic mass is 10.1. The van der Waals surface area contributed by atoms with Gasteiger partial charge in [0.05, 0.1) is 17.7 Å². The molecule has 0 saturated carbocycles. The van der Waals surface area contributed by atoms with Crippen LogP contribution in [0.2, 0.25) is 0 Å². The number of rotatable bonds is 6. The molecule has 5 rings (SSSR count). The summed E-state index contributed by atoms with van der Waals surface area (Å²) in [5, 5.41) is 8.78. The molecule has 0 aliphatic carbocycles. The first-order valence-electron chi connectivity index (χ1n) is 12.6. The number of piperidine rings is 1. The van der Waals surface area contributed by atoms with Crippen LogP contribution in [-0.2, 0) is 10.0 Å². The number of benzene rings is 2. The van der Waals surface area contributed by atoms with Crippen LogP contribution in [0.4, 0.5) is 5.82 Å². The normalized spacial score (nSPS) is 17.0. The van der Waals surface area contributed by atoms with E-state index in [1.165, 1.54) is 0 Å². The maximum absolute atomic E-state index is 13.1. The van der Waals surface area contributed by atoms with Crippen LogP contribution in [-0.4, -0.2) is 80.1 Å². The summed E-state index contributed by atoms with van der Waals surface area (Å²) in [6.07, 6.45) is 2.84. The lowest BCUT2D eigenvalue weighted by Gasteiger charge is -2.35. The minimum Gasteiger partial charge on any atom is -0.497 e. The summed E-state index contributed by atoms with van der Waals surface area (Å²) in [6.45, 7) is 3.50. The zero-order valence-corrected chi connectivity index (χ0v) is 21.7. The average molecular weight is 522 g/mol. The number of piperazine rings is 1. The van der Waals surface area contributed by atoms with Crippen molar-refractivity contribution in [1.29, 1.82) is 0 Å². The van der Waals surface area contributed by atoms with Gasteiger partial charge in [0.15, 0.2) is 5.82 Å². The number of ether oxygens (including phenoxy) is 1. The predicted octanol–water partition coefficient (Wildman–Crippen LogP) is 3.29. The van der Waals surface area contributed by atoms with Gasteiger partial charge < -0.3 is 14.5 Å². The molecule has 0 bridgehead atoms. The first-order valence-corrected chi connectivity index (χ1v) is 14.0. The number of carbonyl (C=O) groups excluding carboxylic acids is 1. The van der Waals surface area contributed by atoms with Gasteiger partial charge in [0.25, 0.3) is 5.91 Å². The van der Waals surface area contributed by atoms with Crippen LogP contribution in [0, 0.1) is 0 Å². The van der Waals surface area contributed by atoms with Crippen molar-refractivity contribution in [1.82, 2.24) is 19.4 Å². The number of hydrogen-bond donors (Lipinski definition) is 0. The lowest BCUT2D eigenvalue weighted by molar-refractivity contribution is 0.0746. The van der Waals surface area contributed by atoms with Crippen LogP contribution in [0.1, 0.15) is 29.6 Å². The van der Waals surface area contributed by atoms with Crippen molar-refractivity contribution < 1.29 is 17.9 Å². The molecule has 2 aliphatic rings. The molecule has 194 valence electrons. The number of amides is 1. The number of methoxy groups -OCH3 is 1. The summed E-state index contributed by atoms with van der Waals surface area (Å²) in [7, 11) is -1.87. The van der Waals surface area contributed by atoms with Gasteiger partial charge in [-0.25, -0.2) is 8.42 Å². The quantitative estimate of drug-likeness (QED) is 0.491. The third kappa shape index (κ3) is 5.45. The van der Waals surface area contributed by atoms with Crippen molar-refractivity contribution in [3.63, 3.8) is 0 Å². The maximum atomic E-state index is 13.1. The highest BCUT2D eigenvalue weighted by molar-refractivity contribution is 7.89. The van der Waals surface area contributed by atoms with Crippen LogP contribution in [0.15, 0.2) is 65.6 Å². The Balaban J connectivity index is 1.18. The van der Waals surface area contributed by atoms with E-state index >= 15 is 0 Å². The fourth-order valence-electron chi connectivity index (χ4n) is 4.75. The molecule has 0 N–H and O–H groups in total. The van der Waals surface area contributed by atoms with Crippen molar-refractivity contribution in [3.05, 3.63) is 66.2 Å². The highest BCUT2D eigenvalue weighted by Crippen LogP contribution is 2.23. The second-order valence-corrected chi connectivity index (χ2v) is 11.2. The first kappa shape index (κ1) is 25.2. The summed E-state index contributed by atoms with van der Waals surface area (Å²) < 4.78 is 32.5. The molecule has 2 aromatic carbocycles. The van der Waals surface area contributed by atoms with Crippen LogP contribution < -0.4 is 9.64 Å². The third-order valence-corrected chi connectivity index (χ3v) is 8.89. The number of sulfonamides is 1. The van der Waals surface area contributed by atoms with E-state index in [9.17, 15) is 13.2 Å². The van der Waals surface area contributed by atoms with Gasteiger partial charge >= 0.3 is 0 Å². The van der Waals surface area contributed by atoms with E-state index < -0.39 is 10.0 Å². The Morgan fingerprint density at radius 3 is 2.05 bits per heavy atom. The monoisotopic (exact) mass is 521 g/mol. The summed E-state index contributed by atoms with van der Waals surface area (Å²) in [6, 6.07) is 17.9. The fraction of sp³-hybridized carbons (Fsp3) is 0.370. The largest absolute Gasteiger partial charge is 0.497 e. The van der Waals surface area contributed by atoms with Gasteiger partial charge in [0.2, 0.25) is 10.0 Å². The van der Waals surface area contributed by atoms with Gasteiger partial charge in [-0.05, 0) is 73.5 Å². The average Bonchev–Trinajstić information content (AvgIpc) is 2.97. The van der Waals surface area contributed by atoms with Crippen LogP contribution in [0.25, 0.3) is 11.3 Å². The van der Waals surface area contributed by atoms with Crippen molar-refractivity contribution in [2.75, 3.05) is 51.3 Å². The summed E-state index contributed by atoms with van der Waals surface area (Å²) in [5.41, 5.74) is 2.24. The van der Waals surface area contributed by atoms with Crippen molar-refractivity contribution >= 4 is 21.7 Å². The Bertz CT molecular complexity index is 1310. The summed E-state index contributed by atoms with van der Waals surface area (Å²) in [4.78, 5) is 17.2. The Morgan fingerprint density at radius 1 is 0.784 bits per heavy atom. The number of nitrogens with zero attached hydrogens (tertiary/aromatic N) is 5. The molecule has 2 aliphatic heterocycles. The maximum Gasteiger partial charge on any atom is 0.253 e. The lowest BCUT2D eigenvalue weighted by Crippen LogP contribution is -2.49. The predicted molar refractivity (Wildman–Crippen MR) is 141 cm³/mol. The molecule has 2 saturated heterocycles. The van der Waals surface area contributed by atoms with E-state index in [-0.39, 0.29) is 10.8 Å². The number of anilines is 1. The molecule has 3 aromatic rings. The Hall–Kier alpha value is -3.50. The van der Waals surface area contributed by atoms with E-state index in [2.05, 4.69) is 15.1 Å². The second-order valence-electron chi connectivity index (χ2n) is 9.27. The summed E-state index contributed by atoms with van der Waals surface area (Å²) >= 11 is 0. The highest BCUT2D eigenvalue weighted by atomic mass is 32.2. The zero-order chi connectivity index (χ0) is 25.8. The Labute approximate surface area is 217 Å². The molecule has 10 heteroatoms. The Kier molecular flexibility index (Phi) is 7.38. The smallest absolute Gasteiger partial charge is 0.253 e. The van der Waals surface area contributed by atoms with E-state index in [1.807, 2.05) is 36.4 Å². The van der Waals surface area contributed by atoms with E-state index in [0.29, 0.717) is 44.8 Å². The second kappa shape index (κ2) is 10.9. The molecule has 37 heavy (non-hydrogen) atoms. The van der Waals surface area contributed by atoms with Crippen molar-refractivity contribution in [2.24, 2.45) is 0 Å². The van der Waals surface area contributed by atoms with Gasteiger partial charge in [0, 0.05) is 50.4 Å². The van der Waals surface area contributed by atoms with Crippen LogP contribution in [0.5, 0.6) is 5.75 Å². The fourth-order valence-corrected chi connectivity index (χ4v) is 6.27. The molecule has 0 radical (unpaired) electrons. The van der Waals surface area contributed by atoms with Gasteiger partial charge in [-0.15, -0.1) is 10.2 Å². The molecule has 0 unspecified atom stereocenters. The topological polar surface area (TPSA) is 95.9 Å². The molecule has 3 heterocycles. The van der Waals surface area contributed by atoms with Gasteiger partial charge in [-0.2, -0.15) is 4.31 Å². The molecular weight excluding hydrogens is 490 g/mol. The van der Waals surface area contributed by atoms with E-state index in [0.717, 1.165) is 42.1 Å². The molecule has 1 aromatic heterocycles. The third-order valence-electron chi connectivity index (χ3n) is 6.98. The molecule has 1 amide bonds. The van der Waals surface area contributed by atoms with Crippen LogP contribution in [0.3, 0.4) is 0 Å². The Morgan fingerprint density at radius 2 is 1.46 bits per heavy atom. The standard InChI is InChI=1S/C27H31N5O4S/c1-36-23-9-5-21(6-10-23)25-13-14-26(29-28-25)30-17-19-31(20-18-30)27(33)22-7-11-24(12-8-22)37(34,35)32-15-3-2-4-16-32/h5-14H,2-4,15-20H2,1H3. The van der Waals surface area contributed by atoms with Crippen LogP contribution >= 0.6 is 0 Å². The minimum atomic E-state index is -3.51. The first-order chi connectivity index (χ1) is 18.0. The molecular formula is C27H31N5O4S. The van der Waals surface area contributed by atoms with Gasteiger partial charge in [-0.3, -0.25) is 4.79 Å². The number of aromatic nitrogens is 2. The minimum absolute atomic E-state index is 0.0949. The molecule has 0 atom stereocenters. The van der Waals surface area contributed by atoms with Gasteiger partial charge in [0.1, 0.15) is 5.75 Å².